The Morgan fingerprint density at radius 2 is 1.95 bits per heavy atom. The Balaban J connectivity index is 1.66. The molecule has 2 aromatic carbocycles. The third kappa shape index (κ3) is 3.34. The highest BCUT2D eigenvalue weighted by Crippen LogP contribution is 2.20. The molecule has 0 atom stereocenters. The molecule has 0 fully saturated rings. The van der Waals surface area contributed by atoms with Crippen LogP contribution in [0.5, 0.6) is 0 Å². The second-order valence-corrected chi connectivity index (χ2v) is 5.83. The molecule has 0 aliphatic carbocycles. The molecular weight excluding hydrogens is 326 g/mol. The molecule has 21 heavy (non-hydrogen) atoms. The lowest BCUT2D eigenvalue weighted by Gasteiger charge is -2.08. The molecule has 0 spiro atoms. The van der Waals surface area contributed by atoms with Crippen molar-refractivity contribution in [3.8, 4) is 11.3 Å². The van der Waals surface area contributed by atoms with E-state index in [4.69, 9.17) is 0 Å². The van der Waals surface area contributed by atoms with Crippen molar-refractivity contribution in [2.45, 2.75) is 13.5 Å². The Hall–Kier alpha value is -2.07. The fourth-order valence-electron chi connectivity index (χ4n) is 2.20. The molecular formula is C17H16BrN3. The van der Waals surface area contributed by atoms with Crippen LogP contribution in [0.1, 0.15) is 11.1 Å². The first kappa shape index (κ1) is 13.9. The van der Waals surface area contributed by atoms with Gasteiger partial charge in [0.1, 0.15) is 0 Å². The Bertz CT molecular complexity index is 718. The molecule has 3 aromatic rings. The summed E-state index contributed by atoms with van der Waals surface area (Å²) in [6.07, 6.45) is 3.52. The molecule has 3 rings (SSSR count). The van der Waals surface area contributed by atoms with Gasteiger partial charge in [-0.05, 0) is 41.8 Å². The van der Waals surface area contributed by atoms with E-state index in [-0.39, 0.29) is 0 Å². The molecule has 3 nitrogen and oxygen atoms in total. The summed E-state index contributed by atoms with van der Waals surface area (Å²) in [4.78, 5) is 7.14. The van der Waals surface area contributed by atoms with Gasteiger partial charge in [0, 0.05) is 16.7 Å². The number of imidazole rings is 1. The lowest BCUT2D eigenvalue weighted by atomic mass is 10.1. The lowest BCUT2D eigenvalue weighted by Crippen LogP contribution is -1.99. The van der Waals surface area contributed by atoms with Crippen LogP contribution >= 0.6 is 15.9 Å². The van der Waals surface area contributed by atoms with Gasteiger partial charge in [-0.2, -0.15) is 0 Å². The molecule has 0 saturated heterocycles. The first-order valence-electron chi connectivity index (χ1n) is 6.80. The average Bonchev–Trinajstić information content (AvgIpc) is 3.03. The van der Waals surface area contributed by atoms with Gasteiger partial charge < -0.3 is 10.3 Å². The van der Waals surface area contributed by atoms with E-state index in [1.807, 2.05) is 6.20 Å². The normalized spacial score (nSPS) is 10.6. The highest BCUT2D eigenvalue weighted by molar-refractivity contribution is 9.10. The highest BCUT2D eigenvalue weighted by Gasteiger charge is 2.00. The molecule has 1 aromatic heterocycles. The van der Waals surface area contributed by atoms with Crippen molar-refractivity contribution >= 4 is 21.6 Å². The van der Waals surface area contributed by atoms with Crippen molar-refractivity contribution < 1.29 is 0 Å². The molecule has 1 heterocycles. The Kier molecular flexibility index (Phi) is 4.06. The summed E-state index contributed by atoms with van der Waals surface area (Å²) < 4.78 is 1.15. The maximum atomic E-state index is 4.04. The van der Waals surface area contributed by atoms with Crippen LogP contribution < -0.4 is 5.32 Å². The topological polar surface area (TPSA) is 40.7 Å². The predicted molar refractivity (Wildman–Crippen MR) is 90.2 cm³/mol. The minimum absolute atomic E-state index is 0.817. The van der Waals surface area contributed by atoms with Gasteiger partial charge in [-0.25, -0.2) is 4.98 Å². The Morgan fingerprint density at radius 1 is 1.14 bits per heavy atom. The first-order chi connectivity index (χ1) is 10.2. The van der Waals surface area contributed by atoms with Crippen LogP contribution in [0.25, 0.3) is 11.3 Å². The second kappa shape index (κ2) is 6.14. The van der Waals surface area contributed by atoms with E-state index in [0.717, 1.165) is 28.0 Å². The Labute approximate surface area is 132 Å². The summed E-state index contributed by atoms with van der Waals surface area (Å²) in [5, 5.41) is 3.44. The van der Waals surface area contributed by atoms with Crippen LogP contribution in [0.2, 0.25) is 0 Å². The Morgan fingerprint density at radius 3 is 2.62 bits per heavy atom. The quantitative estimate of drug-likeness (QED) is 0.718. The van der Waals surface area contributed by atoms with Crippen LogP contribution in [-0.2, 0) is 6.54 Å². The number of benzene rings is 2. The van der Waals surface area contributed by atoms with E-state index in [2.05, 4.69) is 80.6 Å². The number of hydrogen-bond donors (Lipinski definition) is 2. The standard InChI is InChI=1S/C17H16BrN3/c1-12-8-13(2-7-16(12)18)9-20-15-5-3-14(4-6-15)17-10-19-11-21-17/h2-8,10-11,20H,9H2,1H3,(H,19,21). The van der Waals surface area contributed by atoms with Crippen molar-refractivity contribution in [3.05, 3.63) is 70.6 Å². The van der Waals surface area contributed by atoms with Crippen molar-refractivity contribution in [2.24, 2.45) is 0 Å². The third-order valence-electron chi connectivity index (χ3n) is 3.41. The number of halogens is 1. The van der Waals surface area contributed by atoms with E-state index in [9.17, 15) is 0 Å². The van der Waals surface area contributed by atoms with E-state index in [1.54, 1.807) is 6.33 Å². The fraction of sp³-hybridized carbons (Fsp3) is 0.118. The van der Waals surface area contributed by atoms with Crippen LogP contribution in [0, 0.1) is 6.92 Å². The number of rotatable bonds is 4. The zero-order valence-corrected chi connectivity index (χ0v) is 13.3. The predicted octanol–water partition coefficient (Wildman–Crippen LogP) is 4.76. The van der Waals surface area contributed by atoms with Gasteiger partial charge in [-0.1, -0.05) is 40.2 Å². The van der Waals surface area contributed by atoms with E-state index in [1.165, 1.54) is 11.1 Å². The van der Waals surface area contributed by atoms with Crippen LogP contribution in [0.4, 0.5) is 5.69 Å². The molecule has 0 aliphatic heterocycles. The first-order valence-corrected chi connectivity index (χ1v) is 7.59. The smallest absolute Gasteiger partial charge is 0.0924 e. The number of aromatic nitrogens is 2. The summed E-state index contributed by atoms with van der Waals surface area (Å²) in [6.45, 7) is 2.92. The third-order valence-corrected chi connectivity index (χ3v) is 4.30. The monoisotopic (exact) mass is 341 g/mol. The van der Waals surface area contributed by atoms with Gasteiger partial charge in [0.25, 0.3) is 0 Å². The van der Waals surface area contributed by atoms with Crippen LogP contribution in [-0.4, -0.2) is 9.97 Å². The molecule has 4 heteroatoms. The van der Waals surface area contributed by atoms with E-state index < -0.39 is 0 Å². The molecule has 0 aliphatic rings. The van der Waals surface area contributed by atoms with Gasteiger partial charge in [0.15, 0.2) is 0 Å². The van der Waals surface area contributed by atoms with Gasteiger partial charge in [-0.3, -0.25) is 0 Å². The zero-order chi connectivity index (χ0) is 14.7. The van der Waals surface area contributed by atoms with Crippen molar-refractivity contribution in [1.82, 2.24) is 9.97 Å². The minimum Gasteiger partial charge on any atom is -0.381 e. The minimum atomic E-state index is 0.817. The summed E-state index contributed by atoms with van der Waals surface area (Å²) in [7, 11) is 0. The number of hydrogen-bond acceptors (Lipinski definition) is 2. The lowest BCUT2D eigenvalue weighted by molar-refractivity contribution is 1.14. The van der Waals surface area contributed by atoms with Crippen molar-refractivity contribution in [1.29, 1.82) is 0 Å². The summed E-state index contributed by atoms with van der Waals surface area (Å²) in [6, 6.07) is 14.8. The SMILES string of the molecule is Cc1cc(CNc2ccc(-c3cnc[nH]3)cc2)ccc1Br. The van der Waals surface area contributed by atoms with Crippen LogP contribution in [0.15, 0.2) is 59.5 Å². The number of aromatic amines is 1. The van der Waals surface area contributed by atoms with Gasteiger partial charge in [0.05, 0.1) is 18.2 Å². The molecule has 0 radical (unpaired) electrons. The number of aryl methyl sites for hydroxylation is 1. The summed E-state index contributed by atoms with van der Waals surface area (Å²) >= 11 is 3.52. The van der Waals surface area contributed by atoms with E-state index >= 15 is 0 Å². The number of H-pyrrole nitrogens is 1. The number of anilines is 1. The largest absolute Gasteiger partial charge is 0.381 e. The molecule has 0 bridgehead atoms. The molecule has 0 unspecified atom stereocenters. The summed E-state index contributed by atoms with van der Waals surface area (Å²) in [5.41, 5.74) is 5.80. The van der Waals surface area contributed by atoms with Crippen molar-refractivity contribution in [2.75, 3.05) is 5.32 Å². The van der Waals surface area contributed by atoms with Crippen molar-refractivity contribution in [3.63, 3.8) is 0 Å². The fourth-order valence-corrected chi connectivity index (χ4v) is 2.45. The maximum Gasteiger partial charge on any atom is 0.0924 e. The molecule has 0 saturated carbocycles. The van der Waals surface area contributed by atoms with Gasteiger partial charge >= 0.3 is 0 Å². The zero-order valence-electron chi connectivity index (χ0n) is 11.7. The van der Waals surface area contributed by atoms with Gasteiger partial charge in [-0.15, -0.1) is 0 Å². The number of nitrogens with zero attached hydrogens (tertiary/aromatic N) is 1. The number of nitrogens with one attached hydrogen (secondary N) is 2. The second-order valence-electron chi connectivity index (χ2n) is 4.98. The molecule has 2 N–H and O–H groups in total. The molecule has 106 valence electrons. The van der Waals surface area contributed by atoms with Crippen LogP contribution in [0.3, 0.4) is 0 Å². The van der Waals surface area contributed by atoms with Gasteiger partial charge in [0.2, 0.25) is 0 Å². The summed E-state index contributed by atoms with van der Waals surface area (Å²) in [5.74, 6) is 0. The maximum absolute atomic E-state index is 4.04. The van der Waals surface area contributed by atoms with E-state index in [0.29, 0.717) is 0 Å². The average molecular weight is 342 g/mol. The highest BCUT2D eigenvalue weighted by atomic mass is 79.9. The molecule has 0 amide bonds.